The lowest BCUT2D eigenvalue weighted by molar-refractivity contribution is -0.0167. The topological polar surface area (TPSA) is 65.2 Å². The highest BCUT2D eigenvalue weighted by Gasteiger charge is 2.51. The predicted octanol–water partition coefficient (Wildman–Crippen LogP) is 3.75. The van der Waals surface area contributed by atoms with Gasteiger partial charge in [-0.3, -0.25) is 9.59 Å². The summed E-state index contributed by atoms with van der Waals surface area (Å²) in [5.74, 6) is 2.09. The van der Waals surface area contributed by atoms with Crippen LogP contribution in [0.2, 0.25) is 0 Å². The molecular formula is C26H33N3O2. The molecule has 6 rings (SSSR count). The van der Waals surface area contributed by atoms with Crippen LogP contribution in [0, 0.1) is 17.8 Å². The lowest BCUT2D eigenvalue weighted by Gasteiger charge is -2.56. The maximum atomic E-state index is 13.0. The highest BCUT2D eigenvalue weighted by Crippen LogP contribution is 2.55. The summed E-state index contributed by atoms with van der Waals surface area (Å²) in [4.78, 5) is 30.8. The van der Waals surface area contributed by atoms with Crippen molar-refractivity contribution in [3.63, 3.8) is 0 Å². The molecule has 0 spiro atoms. The smallest absolute Gasteiger partial charge is 0.261 e. The van der Waals surface area contributed by atoms with Crippen molar-refractivity contribution in [1.29, 1.82) is 0 Å². The number of pyridine rings is 1. The third-order valence-electron chi connectivity index (χ3n) is 7.70. The second kappa shape index (κ2) is 8.27. The molecule has 1 aromatic heterocycles. The average Bonchev–Trinajstić information content (AvgIpc) is 2.71. The number of hydrogen-bond acceptors (Lipinski definition) is 3. The maximum absolute atomic E-state index is 13.0. The molecular weight excluding hydrogens is 386 g/mol. The Balaban J connectivity index is 1.20. The molecule has 4 aliphatic carbocycles. The number of likely N-dealkylation sites (N-methyl/N-ethyl adjacent to an activating group) is 1. The van der Waals surface area contributed by atoms with Crippen LogP contribution in [0.1, 0.15) is 60.1 Å². The van der Waals surface area contributed by atoms with Gasteiger partial charge in [-0.2, -0.15) is 0 Å². The van der Waals surface area contributed by atoms with Crippen molar-refractivity contribution >= 4 is 5.91 Å². The van der Waals surface area contributed by atoms with Crippen LogP contribution in [0.4, 0.5) is 0 Å². The quantitative estimate of drug-likeness (QED) is 0.718. The lowest BCUT2D eigenvalue weighted by atomic mass is 9.53. The fourth-order valence-corrected chi connectivity index (χ4v) is 6.69. The molecule has 4 saturated carbocycles. The van der Waals surface area contributed by atoms with Crippen LogP contribution in [0.5, 0.6) is 0 Å². The molecule has 31 heavy (non-hydrogen) atoms. The van der Waals surface area contributed by atoms with Gasteiger partial charge in [-0.1, -0.05) is 30.3 Å². The van der Waals surface area contributed by atoms with Crippen LogP contribution in [0.15, 0.2) is 47.3 Å². The zero-order chi connectivity index (χ0) is 21.4. The van der Waals surface area contributed by atoms with Gasteiger partial charge in [0.05, 0.1) is 0 Å². The van der Waals surface area contributed by atoms with E-state index in [1.165, 1.54) is 24.8 Å². The lowest BCUT2D eigenvalue weighted by Crippen LogP contribution is -2.60. The number of benzene rings is 1. The van der Waals surface area contributed by atoms with Crippen molar-refractivity contribution in [3.8, 4) is 0 Å². The van der Waals surface area contributed by atoms with Gasteiger partial charge in [0.1, 0.15) is 5.56 Å². The normalized spacial score (nSPS) is 28.8. The number of rotatable bonds is 7. The minimum atomic E-state index is -0.281. The van der Waals surface area contributed by atoms with E-state index in [0.717, 1.165) is 55.7 Å². The van der Waals surface area contributed by atoms with Gasteiger partial charge in [-0.25, -0.2) is 0 Å². The van der Waals surface area contributed by atoms with E-state index in [1.807, 2.05) is 12.1 Å². The van der Waals surface area contributed by atoms with Crippen molar-refractivity contribution in [2.45, 2.75) is 57.0 Å². The number of aromatic nitrogens is 1. The number of carbonyl (C=O) groups excluding carboxylic acids is 1. The van der Waals surface area contributed by atoms with E-state index in [4.69, 9.17) is 0 Å². The number of nitrogens with zero attached hydrogens (tertiary/aromatic N) is 1. The van der Waals surface area contributed by atoms with Gasteiger partial charge >= 0.3 is 0 Å². The summed E-state index contributed by atoms with van der Waals surface area (Å²) in [6, 6.07) is 14.0. The van der Waals surface area contributed by atoms with Gasteiger partial charge in [-0.05, 0) is 87.4 Å². The summed E-state index contributed by atoms with van der Waals surface area (Å²) in [5.41, 5.74) is 2.03. The highest BCUT2D eigenvalue weighted by molar-refractivity contribution is 5.94. The SMILES string of the molecule is CN(CCc1ccccc1)Cc1ccc(C(=O)NC23CC4CC(CC(C4)C2)C3)c(=O)[nH]1. The summed E-state index contributed by atoms with van der Waals surface area (Å²) < 4.78 is 0. The largest absolute Gasteiger partial charge is 0.346 e. The van der Waals surface area contributed by atoms with E-state index in [1.54, 1.807) is 6.07 Å². The second-order valence-corrected chi connectivity index (χ2v) is 10.4. The molecule has 4 fully saturated rings. The van der Waals surface area contributed by atoms with Gasteiger partial charge < -0.3 is 15.2 Å². The molecule has 1 heterocycles. The van der Waals surface area contributed by atoms with E-state index in [2.05, 4.69) is 46.5 Å². The molecule has 2 N–H and O–H groups in total. The summed E-state index contributed by atoms with van der Waals surface area (Å²) in [6.07, 6.45) is 8.24. The van der Waals surface area contributed by atoms with E-state index in [-0.39, 0.29) is 22.6 Å². The van der Waals surface area contributed by atoms with Crippen LogP contribution in [0.3, 0.4) is 0 Å². The summed E-state index contributed by atoms with van der Waals surface area (Å²) in [6.45, 7) is 1.55. The Morgan fingerprint density at radius 2 is 1.68 bits per heavy atom. The van der Waals surface area contributed by atoms with Crippen molar-refractivity contribution in [1.82, 2.24) is 15.2 Å². The van der Waals surface area contributed by atoms with Crippen molar-refractivity contribution in [2.24, 2.45) is 17.8 Å². The molecule has 1 aromatic carbocycles. The predicted molar refractivity (Wildman–Crippen MR) is 122 cm³/mol. The number of amides is 1. The van der Waals surface area contributed by atoms with Gasteiger partial charge in [0.25, 0.3) is 11.5 Å². The summed E-state index contributed by atoms with van der Waals surface area (Å²) >= 11 is 0. The first-order chi connectivity index (χ1) is 15.0. The summed E-state index contributed by atoms with van der Waals surface area (Å²) in [7, 11) is 2.05. The molecule has 164 valence electrons. The highest BCUT2D eigenvalue weighted by atomic mass is 16.2. The standard InChI is InChI=1S/C26H33N3O2/c1-29(10-9-18-5-3-2-4-6-18)17-22-7-8-23(24(30)27-22)25(31)28-26-14-19-11-20(15-26)13-21(12-19)16-26/h2-8,19-21H,9-17H2,1H3,(H,27,30)(H,28,31). The van der Waals surface area contributed by atoms with Gasteiger partial charge in [-0.15, -0.1) is 0 Å². The van der Waals surface area contributed by atoms with Gasteiger partial charge in [0.15, 0.2) is 0 Å². The number of H-pyrrole nitrogens is 1. The van der Waals surface area contributed by atoms with E-state index in [0.29, 0.717) is 6.54 Å². The molecule has 0 unspecified atom stereocenters. The number of carbonyl (C=O) groups is 1. The van der Waals surface area contributed by atoms with Gasteiger partial charge in [0.2, 0.25) is 0 Å². The Morgan fingerprint density at radius 1 is 1.03 bits per heavy atom. The van der Waals surface area contributed by atoms with Crippen LogP contribution in [-0.2, 0) is 13.0 Å². The summed E-state index contributed by atoms with van der Waals surface area (Å²) in [5, 5.41) is 3.31. The first-order valence-corrected chi connectivity index (χ1v) is 11.8. The zero-order valence-electron chi connectivity index (χ0n) is 18.4. The first kappa shape index (κ1) is 20.5. The first-order valence-electron chi connectivity index (χ1n) is 11.8. The third-order valence-corrected chi connectivity index (χ3v) is 7.70. The van der Waals surface area contributed by atoms with Crippen LogP contribution < -0.4 is 10.9 Å². The minimum absolute atomic E-state index is 0.0748. The molecule has 4 aliphatic rings. The second-order valence-electron chi connectivity index (χ2n) is 10.4. The van der Waals surface area contributed by atoms with Crippen molar-refractivity contribution < 1.29 is 4.79 Å². The van der Waals surface area contributed by atoms with Crippen molar-refractivity contribution in [3.05, 3.63) is 69.6 Å². The Hall–Kier alpha value is -2.40. The molecule has 0 aliphatic heterocycles. The molecule has 4 bridgehead atoms. The fraction of sp³-hybridized carbons (Fsp3) is 0.538. The Morgan fingerprint density at radius 3 is 2.29 bits per heavy atom. The Kier molecular flexibility index (Phi) is 5.47. The van der Waals surface area contributed by atoms with E-state index in [9.17, 15) is 9.59 Å². The monoisotopic (exact) mass is 419 g/mol. The molecule has 0 radical (unpaired) electrons. The van der Waals surface area contributed by atoms with Crippen LogP contribution >= 0.6 is 0 Å². The third kappa shape index (κ3) is 4.47. The van der Waals surface area contributed by atoms with Crippen LogP contribution in [0.25, 0.3) is 0 Å². The molecule has 1 amide bonds. The Bertz CT molecular complexity index is 962. The number of aromatic amines is 1. The fourth-order valence-electron chi connectivity index (χ4n) is 6.69. The zero-order valence-corrected chi connectivity index (χ0v) is 18.4. The Labute approximate surface area is 184 Å². The average molecular weight is 420 g/mol. The van der Waals surface area contributed by atoms with E-state index < -0.39 is 0 Å². The molecule has 5 heteroatoms. The molecule has 0 saturated heterocycles. The van der Waals surface area contributed by atoms with E-state index >= 15 is 0 Å². The molecule has 2 aromatic rings. The number of hydrogen-bond donors (Lipinski definition) is 2. The number of nitrogens with one attached hydrogen (secondary N) is 2. The molecule has 0 atom stereocenters. The van der Waals surface area contributed by atoms with Crippen LogP contribution in [-0.4, -0.2) is 34.9 Å². The maximum Gasteiger partial charge on any atom is 0.261 e. The van der Waals surface area contributed by atoms with Gasteiger partial charge in [0, 0.05) is 24.3 Å². The van der Waals surface area contributed by atoms with Crippen molar-refractivity contribution in [2.75, 3.05) is 13.6 Å². The minimum Gasteiger partial charge on any atom is -0.346 e. The molecule has 5 nitrogen and oxygen atoms in total.